The van der Waals surface area contributed by atoms with Crippen LogP contribution in [0.2, 0.25) is 0 Å². The molecular weight excluding hydrogens is 430 g/mol. The largest absolute Gasteiger partial charge is 0.342 e. The molecule has 2 aliphatic heterocycles. The number of carbonyl (C=O) groups is 1. The van der Waals surface area contributed by atoms with Crippen molar-refractivity contribution in [1.82, 2.24) is 25.7 Å². The molecule has 0 spiro atoms. The number of aromatic amines is 1. The Kier molecular flexibility index (Phi) is 5.11. The summed E-state index contributed by atoms with van der Waals surface area (Å²) in [4.78, 5) is 23.2. The van der Waals surface area contributed by atoms with E-state index in [1.807, 2.05) is 35.2 Å². The van der Waals surface area contributed by atoms with Crippen LogP contribution in [-0.2, 0) is 4.79 Å². The summed E-state index contributed by atoms with van der Waals surface area (Å²) in [5.41, 5.74) is 9.78. The molecule has 0 radical (unpaired) electrons. The van der Waals surface area contributed by atoms with E-state index in [0.717, 1.165) is 53.7 Å². The van der Waals surface area contributed by atoms with E-state index in [-0.39, 0.29) is 18.0 Å². The second-order valence-electron chi connectivity index (χ2n) is 7.92. The lowest BCUT2D eigenvalue weighted by Gasteiger charge is -2.32. The zero-order valence-electron chi connectivity index (χ0n) is 16.1. The van der Waals surface area contributed by atoms with E-state index in [1.165, 1.54) is 5.56 Å². The van der Waals surface area contributed by atoms with Crippen molar-refractivity contribution in [3.8, 4) is 0 Å². The molecule has 2 aromatic carbocycles. The Morgan fingerprint density at radius 2 is 1.79 bits per heavy atom. The van der Waals surface area contributed by atoms with Crippen LogP contribution in [0, 0.1) is 0 Å². The van der Waals surface area contributed by atoms with Crippen LogP contribution in [0.5, 0.6) is 0 Å². The van der Waals surface area contributed by atoms with Crippen LogP contribution in [0.15, 0.2) is 53.0 Å². The van der Waals surface area contributed by atoms with Gasteiger partial charge in [0, 0.05) is 29.5 Å². The van der Waals surface area contributed by atoms with E-state index >= 15 is 0 Å². The average Bonchev–Trinajstić information content (AvgIpc) is 3.41. The summed E-state index contributed by atoms with van der Waals surface area (Å²) in [7, 11) is 0. The lowest BCUT2D eigenvalue weighted by molar-refractivity contribution is -0.134. The molecule has 1 aromatic heterocycles. The third-order valence-corrected chi connectivity index (χ3v) is 6.60. The number of aromatic nitrogens is 2. The molecule has 6 nitrogen and oxygen atoms in total. The van der Waals surface area contributed by atoms with E-state index in [2.05, 4.69) is 50.0 Å². The molecule has 0 bridgehead atoms. The van der Waals surface area contributed by atoms with Gasteiger partial charge in [0.1, 0.15) is 11.9 Å². The van der Waals surface area contributed by atoms with Crippen molar-refractivity contribution in [3.05, 3.63) is 64.4 Å². The Morgan fingerprint density at radius 3 is 2.55 bits per heavy atom. The van der Waals surface area contributed by atoms with Gasteiger partial charge in [-0.15, -0.1) is 0 Å². The van der Waals surface area contributed by atoms with Crippen LogP contribution in [0.1, 0.15) is 42.6 Å². The number of nitrogens with zero attached hydrogens (tertiary/aromatic N) is 2. The Balaban J connectivity index is 1.18. The molecule has 3 N–H and O–H groups in total. The molecule has 2 aliphatic rings. The molecule has 2 saturated heterocycles. The summed E-state index contributed by atoms with van der Waals surface area (Å²) < 4.78 is 1.06. The van der Waals surface area contributed by atoms with Crippen LogP contribution in [0.4, 0.5) is 0 Å². The standard InChI is InChI=1S/C22H24BrN5O/c23-16-7-5-14(6-8-16)19-13-20(27-26-19)22(29)28-11-9-15(10-12-28)21-24-17-3-1-2-4-18(17)25-21/h1-8,15,19-20,26-27H,9-13H2,(H,24,25). The van der Waals surface area contributed by atoms with Crippen molar-refractivity contribution in [2.75, 3.05) is 13.1 Å². The highest BCUT2D eigenvalue weighted by Gasteiger charge is 2.34. The Hall–Kier alpha value is -2.22. The fourth-order valence-corrected chi connectivity index (χ4v) is 4.66. The number of nitrogens with one attached hydrogen (secondary N) is 3. The zero-order chi connectivity index (χ0) is 19.8. The summed E-state index contributed by atoms with van der Waals surface area (Å²) in [6.07, 6.45) is 2.66. The smallest absolute Gasteiger partial charge is 0.241 e. The maximum Gasteiger partial charge on any atom is 0.241 e. The molecule has 0 saturated carbocycles. The van der Waals surface area contributed by atoms with Crippen molar-refractivity contribution in [3.63, 3.8) is 0 Å². The molecule has 150 valence electrons. The molecule has 3 aromatic rings. The SMILES string of the molecule is O=C(C1CC(c2ccc(Br)cc2)NN1)N1CCC(c2nc3ccccc3[nH]2)CC1. The normalized spacial score (nSPS) is 23.0. The predicted molar refractivity (Wildman–Crippen MR) is 116 cm³/mol. The summed E-state index contributed by atoms with van der Waals surface area (Å²) in [5, 5.41) is 0. The van der Waals surface area contributed by atoms with E-state index < -0.39 is 0 Å². The van der Waals surface area contributed by atoms with Gasteiger partial charge in [0.25, 0.3) is 0 Å². The van der Waals surface area contributed by atoms with Crippen molar-refractivity contribution < 1.29 is 4.79 Å². The Bertz CT molecular complexity index is 976. The number of H-pyrrole nitrogens is 1. The highest BCUT2D eigenvalue weighted by molar-refractivity contribution is 9.10. The number of rotatable bonds is 3. The van der Waals surface area contributed by atoms with E-state index in [0.29, 0.717) is 5.92 Å². The van der Waals surface area contributed by atoms with Crippen molar-refractivity contribution in [2.45, 2.75) is 37.3 Å². The van der Waals surface area contributed by atoms with Crippen molar-refractivity contribution in [1.29, 1.82) is 0 Å². The second-order valence-corrected chi connectivity index (χ2v) is 8.84. The first-order chi connectivity index (χ1) is 14.2. The minimum atomic E-state index is -0.175. The number of benzene rings is 2. The number of para-hydroxylation sites is 2. The lowest BCUT2D eigenvalue weighted by atomic mass is 9.95. The number of hydrogen-bond acceptors (Lipinski definition) is 4. The minimum Gasteiger partial charge on any atom is -0.342 e. The van der Waals surface area contributed by atoms with E-state index in [4.69, 9.17) is 4.98 Å². The third kappa shape index (κ3) is 3.82. The number of hydrazine groups is 1. The van der Waals surface area contributed by atoms with Crippen molar-refractivity contribution >= 4 is 32.9 Å². The van der Waals surface area contributed by atoms with Gasteiger partial charge in [0.15, 0.2) is 0 Å². The molecule has 3 heterocycles. The molecule has 2 fully saturated rings. The van der Waals surface area contributed by atoms with Crippen molar-refractivity contribution in [2.24, 2.45) is 0 Å². The van der Waals surface area contributed by atoms with E-state index in [1.54, 1.807) is 0 Å². The average molecular weight is 454 g/mol. The predicted octanol–water partition coefficient (Wildman–Crippen LogP) is 3.64. The number of carbonyl (C=O) groups excluding carboxylic acids is 1. The molecule has 29 heavy (non-hydrogen) atoms. The number of amides is 1. The first-order valence-electron chi connectivity index (χ1n) is 10.2. The third-order valence-electron chi connectivity index (χ3n) is 6.07. The van der Waals surface area contributed by atoms with Gasteiger partial charge < -0.3 is 9.88 Å². The van der Waals surface area contributed by atoms with Gasteiger partial charge in [0.2, 0.25) is 5.91 Å². The summed E-state index contributed by atoms with van der Waals surface area (Å²) >= 11 is 3.47. The molecule has 5 rings (SSSR count). The molecule has 2 unspecified atom stereocenters. The highest BCUT2D eigenvalue weighted by atomic mass is 79.9. The van der Waals surface area contributed by atoms with E-state index in [9.17, 15) is 4.79 Å². The lowest BCUT2D eigenvalue weighted by Crippen LogP contribution is -2.48. The number of imidazole rings is 1. The molecule has 0 aliphatic carbocycles. The first kappa shape index (κ1) is 18.8. The maximum absolute atomic E-state index is 13.0. The van der Waals surface area contributed by atoms with Crippen LogP contribution in [0.25, 0.3) is 11.0 Å². The van der Waals surface area contributed by atoms with Gasteiger partial charge >= 0.3 is 0 Å². The Morgan fingerprint density at radius 1 is 1.03 bits per heavy atom. The fraction of sp³-hybridized carbons (Fsp3) is 0.364. The minimum absolute atomic E-state index is 0.158. The number of halogens is 1. The number of likely N-dealkylation sites (tertiary alicyclic amines) is 1. The highest BCUT2D eigenvalue weighted by Crippen LogP contribution is 2.29. The van der Waals surface area contributed by atoms with Crippen LogP contribution < -0.4 is 10.9 Å². The van der Waals surface area contributed by atoms with Gasteiger partial charge in [-0.05, 0) is 49.1 Å². The molecule has 2 atom stereocenters. The summed E-state index contributed by atoms with van der Waals surface area (Å²) in [6.45, 7) is 1.56. The fourth-order valence-electron chi connectivity index (χ4n) is 4.39. The Labute approximate surface area is 178 Å². The first-order valence-corrected chi connectivity index (χ1v) is 11.0. The van der Waals surface area contributed by atoms with Gasteiger partial charge in [-0.2, -0.15) is 0 Å². The monoisotopic (exact) mass is 453 g/mol. The maximum atomic E-state index is 13.0. The van der Waals surface area contributed by atoms with Gasteiger partial charge in [-0.25, -0.2) is 15.8 Å². The van der Waals surface area contributed by atoms with Crippen LogP contribution >= 0.6 is 15.9 Å². The van der Waals surface area contributed by atoms with Gasteiger partial charge in [-0.3, -0.25) is 4.79 Å². The molecule has 1 amide bonds. The number of piperidine rings is 1. The van der Waals surface area contributed by atoms with Gasteiger partial charge in [0.05, 0.1) is 11.0 Å². The topological polar surface area (TPSA) is 73.1 Å². The zero-order valence-corrected chi connectivity index (χ0v) is 17.7. The van der Waals surface area contributed by atoms with Gasteiger partial charge in [-0.1, -0.05) is 40.2 Å². The van der Waals surface area contributed by atoms with Crippen LogP contribution in [-0.4, -0.2) is 39.9 Å². The van der Waals surface area contributed by atoms with Crippen LogP contribution in [0.3, 0.4) is 0 Å². The summed E-state index contributed by atoms with van der Waals surface area (Å²) in [5.74, 6) is 1.63. The second kappa shape index (κ2) is 7.89. The number of hydrogen-bond donors (Lipinski definition) is 3. The quantitative estimate of drug-likeness (QED) is 0.565. The molecular formula is C22H24BrN5O. The number of fused-ring (bicyclic) bond motifs is 1. The molecule has 7 heteroatoms. The summed E-state index contributed by atoms with van der Waals surface area (Å²) in [6, 6.07) is 16.4.